The van der Waals surface area contributed by atoms with Gasteiger partial charge in [0, 0.05) is 26.3 Å². The zero-order chi connectivity index (χ0) is 14.7. The van der Waals surface area contributed by atoms with Crippen molar-refractivity contribution < 1.29 is 4.74 Å². The maximum Gasteiger partial charge on any atom is 0.242 e. The van der Waals surface area contributed by atoms with Gasteiger partial charge in [0.2, 0.25) is 11.9 Å². The third-order valence-corrected chi connectivity index (χ3v) is 3.73. The summed E-state index contributed by atoms with van der Waals surface area (Å²) in [7, 11) is 1.86. The molecule has 0 bridgehead atoms. The highest BCUT2D eigenvalue weighted by molar-refractivity contribution is 7.99. The molecule has 0 unspecified atom stereocenters. The van der Waals surface area contributed by atoms with Crippen LogP contribution in [-0.4, -0.2) is 51.0 Å². The summed E-state index contributed by atoms with van der Waals surface area (Å²) >= 11 is 1.42. The molecule has 1 saturated heterocycles. The van der Waals surface area contributed by atoms with E-state index in [9.17, 15) is 0 Å². The van der Waals surface area contributed by atoms with Gasteiger partial charge in [-0.1, -0.05) is 0 Å². The molecule has 0 amide bonds. The Morgan fingerprint density at radius 3 is 2.76 bits per heavy atom. The first-order valence-electron chi connectivity index (χ1n) is 6.46. The number of nitrogen functional groups attached to an aromatic ring is 1. The first-order valence-corrected chi connectivity index (χ1v) is 7.28. The molecule has 0 saturated carbocycles. The second-order valence-corrected chi connectivity index (χ2v) is 5.48. The smallest absolute Gasteiger partial charge is 0.242 e. The maximum absolute atomic E-state index is 5.44. The predicted molar refractivity (Wildman–Crippen MR) is 78.0 cm³/mol. The standard InChI is InChI=1S/C11H16N8OS/c1-18-7-8(6-13-18)21-11-15-9(17-12)14-10(16-11)19-2-4-20-5-3-19/h6-7H,2-5,12H2,1H3,(H,14,15,16,17). The summed E-state index contributed by atoms with van der Waals surface area (Å²) in [5.41, 5.74) is 2.48. The fourth-order valence-corrected chi connectivity index (χ4v) is 2.69. The van der Waals surface area contributed by atoms with Gasteiger partial charge in [-0.05, 0) is 11.8 Å². The van der Waals surface area contributed by atoms with Crippen LogP contribution >= 0.6 is 11.8 Å². The third kappa shape index (κ3) is 3.40. The molecule has 1 aliphatic heterocycles. The number of rotatable bonds is 4. The Kier molecular flexibility index (Phi) is 4.18. The summed E-state index contributed by atoms with van der Waals surface area (Å²) < 4.78 is 7.07. The Hall–Kier alpha value is -1.91. The molecule has 3 N–H and O–H groups in total. The lowest BCUT2D eigenvalue weighted by molar-refractivity contribution is 0.122. The van der Waals surface area contributed by atoms with E-state index in [0.29, 0.717) is 30.3 Å². The van der Waals surface area contributed by atoms with Crippen LogP contribution in [0, 0.1) is 0 Å². The molecule has 1 aliphatic rings. The average molecular weight is 308 g/mol. The van der Waals surface area contributed by atoms with Gasteiger partial charge >= 0.3 is 0 Å². The van der Waals surface area contributed by atoms with Gasteiger partial charge in [0.1, 0.15) is 0 Å². The van der Waals surface area contributed by atoms with Crippen molar-refractivity contribution in [1.82, 2.24) is 24.7 Å². The number of aryl methyl sites for hydroxylation is 1. The van der Waals surface area contributed by atoms with E-state index in [0.717, 1.165) is 18.0 Å². The Balaban J connectivity index is 1.85. The van der Waals surface area contributed by atoms with Crippen LogP contribution in [0.15, 0.2) is 22.4 Å². The quantitative estimate of drug-likeness (QED) is 0.590. The van der Waals surface area contributed by atoms with Crippen LogP contribution in [0.5, 0.6) is 0 Å². The van der Waals surface area contributed by atoms with E-state index < -0.39 is 0 Å². The van der Waals surface area contributed by atoms with Crippen molar-refractivity contribution in [3.05, 3.63) is 12.4 Å². The molecule has 1 fully saturated rings. The monoisotopic (exact) mass is 308 g/mol. The van der Waals surface area contributed by atoms with Crippen molar-refractivity contribution in [2.45, 2.75) is 10.1 Å². The Labute approximate surface area is 125 Å². The van der Waals surface area contributed by atoms with Crippen molar-refractivity contribution >= 4 is 23.7 Å². The van der Waals surface area contributed by atoms with Crippen LogP contribution in [0.25, 0.3) is 0 Å². The molecule has 0 aromatic carbocycles. The van der Waals surface area contributed by atoms with E-state index in [2.05, 4.69) is 30.4 Å². The molecule has 3 heterocycles. The normalized spacial score (nSPS) is 15.2. The molecular weight excluding hydrogens is 292 g/mol. The number of nitrogens with one attached hydrogen (secondary N) is 1. The molecule has 0 aliphatic carbocycles. The zero-order valence-electron chi connectivity index (χ0n) is 11.6. The highest BCUT2D eigenvalue weighted by Gasteiger charge is 2.17. The van der Waals surface area contributed by atoms with Gasteiger partial charge < -0.3 is 9.64 Å². The molecule has 2 aromatic rings. The van der Waals surface area contributed by atoms with Crippen LogP contribution in [0.1, 0.15) is 0 Å². The molecule has 9 nitrogen and oxygen atoms in total. The number of hydrogen-bond donors (Lipinski definition) is 2. The lowest BCUT2D eigenvalue weighted by Gasteiger charge is -2.26. The van der Waals surface area contributed by atoms with Gasteiger partial charge in [-0.15, -0.1) is 0 Å². The molecule has 10 heteroatoms. The lowest BCUT2D eigenvalue weighted by Crippen LogP contribution is -2.37. The van der Waals surface area contributed by atoms with E-state index >= 15 is 0 Å². The minimum atomic E-state index is 0.345. The van der Waals surface area contributed by atoms with Crippen molar-refractivity contribution in [3.63, 3.8) is 0 Å². The second-order valence-electron chi connectivity index (χ2n) is 4.44. The first kappa shape index (κ1) is 14.0. The Morgan fingerprint density at radius 2 is 2.10 bits per heavy atom. The van der Waals surface area contributed by atoms with E-state index in [1.54, 1.807) is 10.9 Å². The lowest BCUT2D eigenvalue weighted by atomic mass is 10.4. The number of aromatic nitrogens is 5. The van der Waals surface area contributed by atoms with Crippen LogP contribution in [0.4, 0.5) is 11.9 Å². The molecule has 0 radical (unpaired) electrons. The molecule has 2 aromatic heterocycles. The van der Waals surface area contributed by atoms with E-state index in [-0.39, 0.29) is 0 Å². The molecule has 3 rings (SSSR count). The van der Waals surface area contributed by atoms with Gasteiger partial charge in [-0.2, -0.15) is 20.1 Å². The van der Waals surface area contributed by atoms with Crippen molar-refractivity contribution in [2.75, 3.05) is 36.6 Å². The largest absolute Gasteiger partial charge is 0.378 e. The first-order chi connectivity index (χ1) is 10.2. The van der Waals surface area contributed by atoms with Crippen molar-refractivity contribution in [1.29, 1.82) is 0 Å². The van der Waals surface area contributed by atoms with Crippen molar-refractivity contribution in [3.8, 4) is 0 Å². The fourth-order valence-electron chi connectivity index (χ4n) is 1.92. The van der Waals surface area contributed by atoms with Gasteiger partial charge in [0.15, 0.2) is 5.16 Å². The number of hydrazine groups is 1. The minimum Gasteiger partial charge on any atom is -0.378 e. The summed E-state index contributed by atoms with van der Waals surface area (Å²) in [5.74, 6) is 6.39. The number of hydrogen-bond acceptors (Lipinski definition) is 9. The number of nitrogens with zero attached hydrogens (tertiary/aromatic N) is 6. The summed E-state index contributed by atoms with van der Waals surface area (Å²) in [6.07, 6.45) is 3.66. The number of ether oxygens (including phenoxy) is 1. The number of morpholine rings is 1. The SMILES string of the molecule is Cn1cc(Sc2nc(NN)nc(N3CCOCC3)n2)cn1. The summed E-state index contributed by atoms with van der Waals surface area (Å²) in [6.45, 7) is 2.85. The Morgan fingerprint density at radius 1 is 1.29 bits per heavy atom. The summed E-state index contributed by atoms with van der Waals surface area (Å²) in [4.78, 5) is 16.1. The highest BCUT2D eigenvalue weighted by Crippen LogP contribution is 2.26. The van der Waals surface area contributed by atoms with E-state index in [1.165, 1.54) is 11.8 Å². The average Bonchev–Trinajstić information content (AvgIpc) is 2.93. The fraction of sp³-hybridized carbons (Fsp3) is 0.455. The third-order valence-electron chi connectivity index (χ3n) is 2.92. The highest BCUT2D eigenvalue weighted by atomic mass is 32.2. The number of nitrogens with two attached hydrogens (primary N) is 1. The topological polar surface area (TPSA) is 107 Å². The zero-order valence-corrected chi connectivity index (χ0v) is 12.4. The molecule has 0 spiro atoms. The van der Waals surface area contributed by atoms with Gasteiger partial charge in [-0.3, -0.25) is 10.1 Å². The van der Waals surface area contributed by atoms with Crippen molar-refractivity contribution in [2.24, 2.45) is 12.9 Å². The van der Waals surface area contributed by atoms with Crippen LogP contribution < -0.4 is 16.2 Å². The van der Waals surface area contributed by atoms with Gasteiger partial charge in [-0.25, -0.2) is 5.84 Å². The van der Waals surface area contributed by atoms with E-state index in [4.69, 9.17) is 10.6 Å². The van der Waals surface area contributed by atoms with Gasteiger partial charge in [0.25, 0.3) is 0 Å². The molecule has 21 heavy (non-hydrogen) atoms. The van der Waals surface area contributed by atoms with Gasteiger partial charge in [0.05, 0.1) is 24.3 Å². The molecule has 0 atom stereocenters. The summed E-state index contributed by atoms with van der Waals surface area (Å²) in [5, 5.41) is 4.70. The Bertz CT molecular complexity index is 612. The predicted octanol–water partition coefficient (Wildman–Crippen LogP) is -0.121. The van der Waals surface area contributed by atoms with Crippen LogP contribution in [-0.2, 0) is 11.8 Å². The number of anilines is 2. The molecule has 112 valence electrons. The van der Waals surface area contributed by atoms with Crippen LogP contribution in [0.2, 0.25) is 0 Å². The maximum atomic E-state index is 5.44. The summed E-state index contributed by atoms with van der Waals surface area (Å²) in [6, 6.07) is 0. The van der Waals surface area contributed by atoms with E-state index in [1.807, 2.05) is 13.2 Å². The molecular formula is C11H16N8OS. The van der Waals surface area contributed by atoms with Crippen LogP contribution in [0.3, 0.4) is 0 Å². The minimum absolute atomic E-state index is 0.345. The second kappa shape index (κ2) is 6.24.